The molecule has 0 saturated heterocycles. The van der Waals surface area contributed by atoms with Crippen LogP contribution in [0.5, 0.6) is 5.75 Å². The molecule has 0 spiro atoms. The zero-order valence-corrected chi connectivity index (χ0v) is 11.3. The van der Waals surface area contributed by atoms with Gasteiger partial charge in [0.25, 0.3) is 5.91 Å². The lowest BCUT2D eigenvalue weighted by molar-refractivity contribution is -0.132. The van der Waals surface area contributed by atoms with E-state index in [0.717, 1.165) is 12.8 Å². The minimum atomic E-state index is -0.355. The SMILES string of the molecule is CCCCN(C)C(=O)COc1c[nH]c(CO)cc1=O. The first kappa shape index (κ1) is 15.2. The van der Waals surface area contributed by atoms with Gasteiger partial charge in [-0.3, -0.25) is 9.59 Å². The van der Waals surface area contributed by atoms with E-state index in [-0.39, 0.29) is 30.3 Å². The average Bonchev–Trinajstić information content (AvgIpc) is 2.42. The van der Waals surface area contributed by atoms with Gasteiger partial charge < -0.3 is 19.7 Å². The number of pyridine rings is 1. The summed E-state index contributed by atoms with van der Waals surface area (Å²) in [5.41, 5.74) is 0.0514. The summed E-state index contributed by atoms with van der Waals surface area (Å²) in [4.78, 5) is 27.6. The molecule has 1 aromatic rings. The van der Waals surface area contributed by atoms with E-state index in [1.54, 1.807) is 11.9 Å². The summed E-state index contributed by atoms with van der Waals surface area (Å²) >= 11 is 0. The largest absolute Gasteiger partial charge is 0.478 e. The maximum Gasteiger partial charge on any atom is 0.260 e. The number of hydrogen-bond donors (Lipinski definition) is 2. The number of aliphatic hydroxyl groups excluding tert-OH is 1. The molecule has 0 unspecified atom stereocenters. The van der Waals surface area contributed by atoms with Crippen LogP contribution >= 0.6 is 0 Å². The topological polar surface area (TPSA) is 82.6 Å². The molecule has 0 aromatic carbocycles. The summed E-state index contributed by atoms with van der Waals surface area (Å²) in [6.45, 7) is 2.32. The van der Waals surface area contributed by atoms with Crippen molar-refractivity contribution in [1.82, 2.24) is 9.88 Å². The molecule has 1 heterocycles. The first-order chi connectivity index (χ1) is 9.08. The van der Waals surface area contributed by atoms with Crippen molar-refractivity contribution >= 4 is 5.91 Å². The zero-order chi connectivity index (χ0) is 14.3. The van der Waals surface area contributed by atoms with Crippen molar-refractivity contribution in [2.24, 2.45) is 0 Å². The highest BCUT2D eigenvalue weighted by atomic mass is 16.5. The van der Waals surface area contributed by atoms with Gasteiger partial charge in [-0.2, -0.15) is 0 Å². The van der Waals surface area contributed by atoms with Crippen molar-refractivity contribution in [3.63, 3.8) is 0 Å². The number of amides is 1. The van der Waals surface area contributed by atoms with Crippen molar-refractivity contribution < 1.29 is 14.6 Å². The van der Waals surface area contributed by atoms with Gasteiger partial charge in [-0.1, -0.05) is 13.3 Å². The van der Waals surface area contributed by atoms with Crippen molar-refractivity contribution in [3.05, 3.63) is 28.2 Å². The molecule has 0 aliphatic rings. The summed E-state index contributed by atoms with van der Waals surface area (Å²) in [5.74, 6) is -0.0893. The van der Waals surface area contributed by atoms with E-state index in [0.29, 0.717) is 12.2 Å². The first-order valence-electron chi connectivity index (χ1n) is 6.27. The van der Waals surface area contributed by atoms with Crippen LogP contribution in [0.15, 0.2) is 17.1 Å². The van der Waals surface area contributed by atoms with Crippen molar-refractivity contribution in [3.8, 4) is 5.75 Å². The van der Waals surface area contributed by atoms with Crippen LogP contribution in [0.2, 0.25) is 0 Å². The Morgan fingerprint density at radius 2 is 2.26 bits per heavy atom. The summed E-state index contributed by atoms with van der Waals surface area (Å²) in [5, 5.41) is 8.85. The molecule has 0 aliphatic heterocycles. The van der Waals surface area contributed by atoms with E-state index in [4.69, 9.17) is 9.84 Å². The summed E-state index contributed by atoms with van der Waals surface area (Å²) in [6, 6.07) is 1.25. The highest BCUT2D eigenvalue weighted by Gasteiger charge is 2.10. The lowest BCUT2D eigenvalue weighted by Crippen LogP contribution is -2.32. The second-order valence-corrected chi connectivity index (χ2v) is 4.30. The molecule has 0 saturated carbocycles. The maximum atomic E-state index is 11.7. The number of nitrogens with one attached hydrogen (secondary N) is 1. The Morgan fingerprint density at radius 3 is 2.84 bits per heavy atom. The Labute approximate surface area is 112 Å². The van der Waals surface area contributed by atoms with Crippen LogP contribution in [0.4, 0.5) is 0 Å². The molecular formula is C13H20N2O4. The second-order valence-electron chi connectivity index (χ2n) is 4.30. The van der Waals surface area contributed by atoms with Gasteiger partial charge in [-0.15, -0.1) is 0 Å². The summed E-state index contributed by atoms with van der Waals surface area (Å²) in [7, 11) is 1.71. The molecule has 1 amide bonds. The Kier molecular flexibility index (Phi) is 6.08. The zero-order valence-electron chi connectivity index (χ0n) is 11.3. The van der Waals surface area contributed by atoms with Crippen molar-refractivity contribution in [2.45, 2.75) is 26.4 Å². The molecule has 0 fully saturated rings. The van der Waals surface area contributed by atoms with Crippen molar-refractivity contribution in [2.75, 3.05) is 20.2 Å². The molecule has 0 radical (unpaired) electrons. The van der Waals surface area contributed by atoms with Gasteiger partial charge in [0.05, 0.1) is 6.61 Å². The standard InChI is InChI=1S/C13H20N2O4/c1-3-4-5-15(2)13(18)9-19-12-7-14-10(8-16)6-11(12)17/h6-7,16H,3-5,8-9H2,1-2H3,(H,14,17). The summed E-state index contributed by atoms with van der Waals surface area (Å²) in [6.07, 6.45) is 3.31. The van der Waals surface area contributed by atoms with E-state index in [1.807, 2.05) is 0 Å². The number of hydrogen-bond acceptors (Lipinski definition) is 4. The third-order valence-electron chi connectivity index (χ3n) is 2.73. The number of likely N-dealkylation sites (N-methyl/N-ethyl adjacent to an activating group) is 1. The molecular weight excluding hydrogens is 248 g/mol. The number of unbranched alkanes of at least 4 members (excludes halogenated alkanes) is 1. The van der Waals surface area contributed by atoms with Crippen LogP contribution in [-0.4, -0.2) is 41.1 Å². The Balaban J connectivity index is 2.52. The fourth-order valence-electron chi connectivity index (χ4n) is 1.47. The number of carbonyl (C=O) groups excluding carboxylic acids is 1. The molecule has 0 atom stereocenters. The van der Waals surface area contributed by atoms with E-state index in [9.17, 15) is 9.59 Å². The predicted octanol–water partition coefficient (Wildman–Crippen LogP) is 0.504. The highest BCUT2D eigenvalue weighted by Crippen LogP contribution is 2.02. The molecule has 0 bridgehead atoms. The predicted molar refractivity (Wildman–Crippen MR) is 71.0 cm³/mol. The number of aliphatic hydroxyl groups is 1. The van der Waals surface area contributed by atoms with Crippen LogP contribution in [0.3, 0.4) is 0 Å². The fraction of sp³-hybridized carbons (Fsp3) is 0.538. The lowest BCUT2D eigenvalue weighted by Gasteiger charge is -2.16. The smallest absolute Gasteiger partial charge is 0.260 e. The van der Waals surface area contributed by atoms with Crippen LogP contribution in [0, 0.1) is 0 Å². The third-order valence-corrected chi connectivity index (χ3v) is 2.73. The summed E-state index contributed by atoms with van der Waals surface area (Å²) < 4.78 is 5.18. The van der Waals surface area contributed by atoms with Crippen LogP contribution in [0.25, 0.3) is 0 Å². The average molecular weight is 268 g/mol. The highest BCUT2D eigenvalue weighted by molar-refractivity contribution is 5.77. The Morgan fingerprint density at radius 1 is 1.53 bits per heavy atom. The first-order valence-corrected chi connectivity index (χ1v) is 6.27. The molecule has 0 aliphatic carbocycles. The van der Waals surface area contributed by atoms with Gasteiger partial charge in [-0.25, -0.2) is 0 Å². The number of aromatic amines is 1. The number of aromatic nitrogens is 1. The van der Waals surface area contributed by atoms with Gasteiger partial charge in [0.1, 0.15) is 0 Å². The fourth-order valence-corrected chi connectivity index (χ4v) is 1.47. The number of rotatable bonds is 7. The van der Waals surface area contributed by atoms with Crippen molar-refractivity contribution in [1.29, 1.82) is 0 Å². The Hall–Kier alpha value is -1.82. The van der Waals surface area contributed by atoms with E-state index in [1.165, 1.54) is 12.3 Å². The third kappa shape index (κ3) is 4.75. The molecule has 2 N–H and O–H groups in total. The normalized spacial score (nSPS) is 10.3. The van der Waals surface area contributed by atoms with E-state index in [2.05, 4.69) is 11.9 Å². The number of carbonyl (C=O) groups is 1. The van der Waals surface area contributed by atoms with Crippen LogP contribution in [-0.2, 0) is 11.4 Å². The Bertz CT molecular complexity index is 470. The molecule has 19 heavy (non-hydrogen) atoms. The quantitative estimate of drug-likeness (QED) is 0.754. The minimum Gasteiger partial charge on any atom is -0.478 e. The van der Waals surface area contributed by atoms with Gasteiger partial charge in [0, 0.05) is 31.5 Å². The monoisotopic (exact) mass is 268 g/mol. The molecule has 106 valence electrons. The minimum absolute atomic E-state index is 0.0782. The van der Waals surface area contributed by atoms with Gasteiger partial charge in [0.2, 0.25) is 5.43 Å². The van der Waals surface area contributed by atoms with E-state index >= 15 is 0 Å². The van der Waals surface area contributed by atoms with Gasteiger partial charge in [0.15, 0.2) is 12.4 Å². The van der Waals surface area contributed by atoms with Crippen LogP contribution in [0.1, 0.15) is 25.5 Å². The van der Waals surface area contributed by atoms with Gasteiger partial charge in [-0.05, 0) is 6.42 Å². The lowest BCUT2D eigenvalue weighted by atomic mass is 10.3. The molecule has 1 rings (SSSR count). The number of H-pyrrole nitrogens is 1. The molecule has 6 heteroatoms. The number of nitrogens with zero attached hydrogens (tertiary/aromatic N) is 1. The van der Waals surface area contributed by atoms with Crippen LogP contribution < -0.4 is 10.2 Å². The maximum absolute atomic E-state index is 11.7. The van der Waals surface area contributed by atoms with E-state index < -0.39 is 0 Å². The second kappa shape index (κ2) is 7.58. The molecule has 6 nitrogen and oxygen atoms in total. The van der Waals surface area contributed by atoms with Gasteiger partial charge >= 0.3 is 0 Å². The molecule has 1 aromatic heterocycles. The number of ether oxygens (including phenoxy) is 1.